The van der Waals surface area contributed by atoms with E-state index in [-0.39, 0.29) is 18.4 Å². The summed E-state index contributed by atoms with van der Waals surface area (Å²) >= 11 is 6.22. The van der Waals surface area contributed by atoms with Gasteiger partial charge in [-0.2, -0.15) is 0 Å². The molecule has 5 rings (SSSR count). The van der Waals surface area contributed by atoms with E-state index in [0.717, 1.165) is 37.7 Å². The number of ether oxygens (including phenoxy) is 2. The molecule has 0 radical (unpaired) electrons. The number of nitrogens with one attached hydrogen (secondary N) is 2. The van der Waals surface area contributed by atoms with E-state index in [1.54, 1.807) is 24.3 Å². The Morgan fingerprint density at radius 2 is 1.70 bits per heavy atom. The molecule has 1 saturated carbocycles. The van der Waals surface area contributed by atoms with Gasteiger partial charge in [0.2, 0.25) is 5.88 Å². The molecule has 1 aliphatic carbocycles. The third kappa shape index (κ3) is 5.66. The van der Waals surface area contributed by atoms with E-state index in [1.165, 1.54) is 32.2 Å². The fourth-order valence-electron chi connectivity index (χ4n) is 5.64. The molecule has 0 amide bonds. The highest BCUT2D eigenvalue weighted by atomic mass is 35.5. The van der Waals surface area contributed by atoms with Crippen LogP contribution in [0.5, 0.6) is 11.6 Å². The summed E-state index contributed by atoms with van der Waals surface area (Å²) < 4.78 is 40.3. The number of halogens is 3. The summed E-state index contributed by atoms with van der Waals surface area (Å²) in [5.74, 6) is -2.22. The van der Waals surface area contributed by atoms with E-state index in [4.69, 9.17) is 21.1 Å². The Morgan fingerprint density at radius 3 is 2.25 bits per heavy atom. The van der Waals surface area contributed by atoms with Crippen molar-refractivity contribution in [3.05, 3.63) is 76.9 Å². The predicted octanol–water partition coefficient (Wildman–Crippen LogP) is 7.22. The summed E-state index contributed by atoms with van der Waals surface area (Å²) in [5.41, 5.74) is -0.537. The standard InChI is InChI=1S/C30H32ClF2N3O4/c1-29(2,28(37)38)40-21-12-13-27(34-16-21)39-17-22(18-6-4-3-5-7-18)30(19-8-10-20(31)11-9-19)35-25-14-23(32)24(33)15-26(25)36-30/h8-16,18,22,35-36H,3-7,17H2,1-2H3,(H,37,38). The van der Waals surface area contributed by atoms with Crippen LogP contribution in [0.3, 0.4) is 0 Å². The Bertz CT molecular complexity index is 1330. The SMILES string of the molecule is CC(C)(Oc1ccc(OCC(C2CCCCC2)C2(c3ccc(Cl)cc3)Nc3cc(F)c(F)cc3N2)nc1)C(=O)O. The van der Waals surface area contributed by atoms with Crippen LogP contribution in [0.1, 0.15) is 51.5 Å². The van der Waals surface area contributed by atoms with Crippen molar-refractivity contribution in [1.29, 1.82) is 0 Å². The molecule has 212 valence electrons. The Morgan fingerprint density at radius 1 is 1.07 bits per heavy atom. The van der Waals surface area contributed by atoms with Crippen molar-refractivity contribution < 1.29 is 28.2 Å². The molecule has 40 heavy (non-hydrogen) atoms. The van der Waals surface area contributed by atoms with Crippen molar-refractivity contribution in [2.75, 3.05) is 17.2 Å². The van der Waals surface area contributed by atoms with Gasteiger partial charge in [-0.3, -0.25) is 0 Å². The van der Waals surface area contributed by atoms with Gasteiger partial charge < -0.3 is 25.2 Å². The lowest BCUT2D eigenvalue weighted by Gasteiger charge is -2.44. The third-order valence-electron chi connectivity index (χ3n) is 7.81. The molecule has 2 heterocycles. The molecule has 0 saturated heterocycles. The number of fused-ring (bicyclic) bond motifs is 1. The van der Waals surface area contributed by atoms with Gasteiger partial charge in [0.15, 0.2) is 17.2 Å². The van der Waals surface area contributed by atoms with Gasteiger partial charge in [-0.1, -0.05) is 43.0 Å². The van der Waals surface area contributed by atoms with Gasteiger partial charge in [-0.15, -0.1) is 0 Å². The largest absolute Gasteiger partial charge is 0.478 e. The number of anilines is 2. The maximum atomic E-state index is 14.3. The van der Waals surface area contributed by atoms with E-state index in [0.29, 0.717) is 28.0 Å². The average molecular weight is 572 g/mol. The molecule has 3 N–H and O–H groups in total. The number of aliphatic carboxylic acids is 1. The van der Waals surface area contributed by atoms with E-state index in [2.05, 4.69) is 15.6 Å². The zero-order valence-electron chi connectivity index (χ0n) is 22.3. The number of hydrogen-bond acceptors (Lipinski definition) is 6. The molecule has 2 aromatic carbocycles. The smallest absolute Gasteiger partial charge is 0.347 e. The molecule has 7 nitrogen and oxygen atoms in total. The van der Waals surface area contributed by atoms with E-state index in [1.807, 2.05) is 12.1 Å². The van der Waals surface area contributed by atoms with Crippen LogP contribution < -0.4 is 20.1 Å². The zero-order valence-corrected chi connectivity index (χ0v) is 23.1. The number of nitrogens with zero attached hydrogens (tertiary/aromatic N) is 1. The van der Waals surface area contributed by atoms with Crippen molar-refractivity contribution in [1.82, 2.24) is 4.98 Å². The van der Waals surface area contributed by atoms with Gasteiger partial charge in [0, 0.05) is 29.1 Å². The number of pyridine rings is 1. The van der Waals surface area contributed by atoms with Gasteiger partial charge in [0.05, 0.1) is 24.2 Å². The maximum Gasteiger partial charge on any atom is 0.347 e. The highest BCUT2D eigenvalue weighted by molar-refractivity contribution is 6.30. The van der Waals surface area contributed by atoms with E-state index >= 15 is 0 Å². The van der Waals surface area contributed by atoms with Crippen LogP contribution in [0.2, 0.25) is 5.02 Å². The molecular weight excluding hydrogens is 540 g/mol. The van der Waals surface area contributed by atoms with Crippen LogP contribution >= 0.6 is 11.6 Å². The van der Waals surface area contributed by atoms with E-state index < -0.39 is 28.9 Å². The molecule has 1 unspecified atom stereocenters. The van der Waals surface area contributed by atoms with E-state index in [9.17, 15) is 18.7 Å². The minimum atomic E-state index is -1.41. The second-order valence-electron chi connectivity index (χ2n) is 10.9. The zero-order chi connectivity index (χ0) is 28.5. The first-order valence-corrected chi connectivity index (χ1v) is 13.8. The number of carbonyl (C=O) groups is 1. The molecule has 0 spiro atoms. The van der Waals surface area contributed by atoms with Crippen molar-refractivity contribution >= 4 is 28.9 Å². The molecular formula is C30H32ClF2N3O4. The first-order valence-electron chi connectivity index (χ1n) is 13.4. The summed E-state index contributed by atoms with van der Waals surface area (Å²) in [5, 5.41) is 16.9. The van der Waals surface area contributed by atoms with Gasteiger partial charge >= 0.3 is 5.97 Å². The van der Waals surface area contributed by atoms with Crippen LogP contribution in [0.25, 0.3) is 0 Å². The minimum Gasteiger partial charge on any atom is -0.478 e. The average Bonchev–Trinajstić information content (AvgIpc) is 3.29. The Kier molecular flexibility index (Phi) is 7.77. The first-order chi connectivity index (χ1) is 19.1. The fraction of sp³-hybridized carbons (Fsp3) is 0.400. The summed E-state index contributed by atoms with van der Waals surface area (Å²) in [6, 6.07) is 13.0. The van der Waals surface area contributed by atoms with Gasteiger partial charge in [0.1, 0.15) is 11.4 Å². The molecule has 2 aliphatic rings. The number of rotatable bonds is 9. The number of carboxylic acids is 1. The topological polar surface area (TPSA) is 92.7 Å². The van der Waals surface area contributed by atoms with Crippen LogP contribution in [-0.4, -0.2) is 28.3 Å². The summed E-state index contributed by atoms with van der Waals surface area (Å²) in [6.07, 6.45) is 6.71. The predicted molar refractivity (Wildman–Crippen MR) is 149 cm³/mol. The number of aromatic nitrogens is 1. The molecule has 1 fully saturated rings. The van der Waals surface area contributed by atoms with Crippen molar-refractivity contribution in [3.8, 4) is 11.6 Å². The van der Waals surface area contributed by atoms with Crippen LogP contribution in [-0.2, 0) is 10.5 Å². The van der Waals surface area contributed by atoms with Crippen molar-refractivity contribution in [3.63, 3.8) is 0 Å². The second kappa shape index (κ2) is 11.1. The van der Waals surface area contributed by atoms with Crippen LogP contribution in [0, 0.1) is 23.5 Å². The maximum absolute atomic E-state index is 14.3. The first kappa shape index (κ1) is 28.0. The van der Waals surface area contributed by atoms with Crippen molar-refractivity contribution in [2.24, 2.45) is 11.8 Å². The summed E-state index contributed by atoms with van der Waals surface area (Å²) in [4.78, 5) is 15.7. The summed E-state index contributed by atoms with van der Waals surface area (Å²) in [7, 11) is 0. The van der Waals surface area contributed by atoms with Crippen LogP contribution in [0.15, 0.2) is 54.7 Å². The van der Waals surface area contributed by atoms with Gasteiger partial charge in [-0.05, 0) is 56.4 Å². The molecule has 1 atom stereocenters. The number of benzene rings is 2. The third-order valence-corrected chi connectivity index (χ3v) is 8.06. The monoisotopic (exact) mass is 571 g/mol. The van der Waals surface area contributed by atoms with Gasteiger partial charge in [-0.25, -0.2) is 18.6 Å². The molecule has 10 heteroatoms. The second-order valence-corrected chi connectivity index (χ2v) is 11.4. The lowest BCUT2D eigenvalue weighted by Crippen LogP contribution is -2.51. The highest BCUT2D eigenvalue weighted by Gasteiger charge is 2.49. The normalized spacial score (nSPS) is 17.3. The van der Waals surface area contributed by atoms with Crippen LogP contribution in [0.4, 0.5) is 20.2 Å². The molecule has 3 aromatic rings. The number of carboxylic acid groups (broad SMARTS) is 1. The Balaban J connectivity index is 1.46. The lowest BCUT2D eigenvalue weighted by atomic mass is 9.72. The lowest BCUT2D eigenvalue weighted by molar-refractivity contribution is -0.152. The minimum absolute atomic E-state index is 0.170. The molecule has 1 aromatic heterocycles. The number of hydrogen-bond donors (Lipinski definition) is 3. The summed E-state index contributed by atoms with van der Waals surface area (Å²) in [6.45, 7) is 3.17. The highest BCUT2D eigenvalue weighted by Crippen LogP contribution is 2.49. The Hall–Kier alpha value is -3.59. The molecule has 1 aliphatic heterocycles. The fourth-order valence-corrected chi connectivity index (χ4v) is 5.77. The van der Waals surface area contributed by atoms with Crippen molar-refractivity contribution in [2.45, 2.75) is 57.2 Å². The Labute approximate surface area is 236 Å². The van der Waals surface area contributed by atoms with Gasteiger partial charge in [0.25, 0.3) is 0 Å². The quantitative estimate of drug-likeness (QED) is 0.250. The molecule has 0 bridgehead atoms.